The molecule has 48 heavy (non-hydrogen) atoms. The van der Waals surface area contributed by atoms with E-state index in [1.165, 1.54) is 18.2 Å². The van der Waals surface area contributed by atoms with E-state index in [-0.39, 0.29) is 40.4 Å². The number of hydrogen-bond donors (Lipinski definition) is 3. The average Bonchev–Trinajstić information content (AvgIpc) is 3.45. The van der Waals surface area contributed by atoms with Crippen molar-refractivity contribution in [2.24, 2.45) is 5.41 Å². The lowest BCUT2D eigenvalue weighted by atomic mass is 9.88. The quantitative estimate of drug-likeness (QED) is 0.123. The van der Waals surface area contributed by atoms with Gasteiger partial charge in [0.15, 0.2) is 0 Å². The summed E-state index contributed by atoms with van der Waals surface area (Å²) < 4.78 is 37.3. The van der Waals surface area contributed by atoms with Crippen LogP contribution in [0.15, 0.2) is 96.2 Å². The van der Waals surface area contributed by atoms with Crippen LogP contribution < -0.4 is 14.8 Å². The zero-order valence-electron chi connectivity index (χ0n) is 27.6. The first-order chi connectivity index (χ1) is 22.8. The van der Waals surface area contributed by atoms with Crippen molar-refractivity contribution in [3.05, 3.63) is 114 Å². The molecule has 0 radical (unpaired) electrons. The van der Waals surface area contributed by atoms with Gasteiger partial charge in [-0.1, -0.05) is 75.4 Å². The summed E-state index contributed by atoms with van der Waals surface area (Å²) in [5, 5.41) is 17.5. The Bertz CT molecular complexity index is 1980. The van der Waals surface area contributed by atoms with Crippen LogP contribution in [0.2, 0.25) is 0 Å². The first-order valence-corrected chi connectivity index (χ1v) is 17.0. The number of sulfonamides is 1. The van der Waals surface area contributed by atoms with Gasteiger partial charge in [-0.2, -0.15) is 10.1 Å². The summed E-state index contributed by atoms with van der Waals surface area (Å²) in [6, 6.07) is 22.6. The molecule has 3 N–H and O–H groups in total. The Morgan fingerprint density at radius 1 is 0.958 bits per heavy atom. The van der Waals surface area contributed by atoms with Gasteiger partial charge in [0, 0.05) is 17.8 Å². The number of carboxylic acid groups (broad SMARTS) is 1. The number of aromatic nitrogens is 4. The second kappa shape index (κ2) is 14.3. The summed E-state index contributed by atoms with van der Waals surface area (Å²) in [4.78, 5) is 20.2. The maximum atomic E-state index is 13.4. The molecule has 3 aromatic carbocycles. The smallest absolute Gasteiger partial charge is 0.335 e. The van der Waals surface area contributed by atoms with Gasteiger partial charge in [-0.15, -0.1) is 0 Å². The minimum atomic E-state index is -4.24. The van der Waals surface area contributed by atoms with Crippen molar-refractivity contribution in [1.29, 1.82) is 0 Å². The second-order valence-corrected chi connectivity index (χ2v) is 14.6. The number of aryl methyl sites for hydroxylation is 2. The molecule has 0 saturated carbocycles. The van der Waals surface area contributed by atoms with E-state index in [9.17, 15) is 18.3 Å². The number of aromatic carboxylic acids is 1. The van der Waals surface area contributed by atoms with Gasteiger partial charge < -0.3 is 15.2 Å². The zero-order valence-corrected chi connectivity index (χ0v) is 28.5. The largest absolute Gasteiger partial charge is 0.478 e. The van der Waals surface area contributed by atoms with E-state index in [0.717, 1.165) is 40.4 Å². The van der Waals surface area contributed by atoms with Crippen LogP contribution >= 0.6 is 0 Å². The van der Waals surface area contributed by atoms with Crippen LogP contribution in [-0.4, -0.2) is 51.9 Å². The normalized spacial score (nSPS) is 12.4. The van der Waals surface area contributed by atoms with Crippen LogP contribution in [0.3, 0.4) is 0 Å². The number of nitrogens with zero attached hydrogens (tertiary/aromatic N) is 4. The minimum absolute atomic E-state index is 0.0402. The van der Waals surface area contributed by atoms with Crippen molar-refractivity contribution < 1.29 is 23.1 Å². The molecule has 5 aromatic rings. The molecule has 1 atom stereocenters. The van der Waals surface area contributed by atoms with Gasteiger partial charge in [0.05, 0.1) is 40.6 Å². The SMILES string of the molecule is Cc1cccc(C)c1-c1cc(OCC(CC(C)(C)C)Nc2cnn(Cc3ccccc3)c2)nc(NS(=O)(=O)c2cccc(C(=O)O)c2)n1. The topological polar surface area (TPSA) is 148 Å². The summed E-state index contributed by atoms with van der Waals surface area (Å²) in [6.45, 7) is 11.2. The van der Waals surface area contributed by atoms with E-state index in [4.69, 9.17) is 4.74 Å². The van der Waals surface area contributed by atoms with Crippen LogP contribution in [0.4, 0.5) is 11.6 Å². The first kappa shape index (κ1) is 34.1. The minimum Gasteiger partial charge on any atom is -0.478 e. The number of hydrogen-bond acceptors (Lipinski definition) is 8. The summed E-state index contributed by atoms with van der Waals surface area (Å²) in [6.07, 6.45) is 4.50. The highest BCUT2D eigenvalue weighted by molar-refractivity contribution is 7.92. The molecule has 0 amide bonds. The van der Waals surface area contributed by atoms with Gasteiger partial charge in [0.2, 0.25) is 11.8 Å². The van der Waals surface area contributed by atoms with Crippen LogP contribution in [-0.2, 0) is 16.6 Å². The molecule has 2 aromatic heterocycles. The predicted molar refractivity (Wildman–Crippen MR) is 186 cm³/mol. The fraction of sp³-hybridized carbons (Fsp3) is 0.278. The Hall–Kier alpha value is -5.23. The van der Waals surface area contributed by atoms with Gasteiger partial charge in [-0.3, -0.25) is 4.68 Å². The molecule has 0 fully saturated rings. The van der Waals surface area contributed by atoms with Gasteiger partial charge in [0.25, 0.3) is 10.0 Å². The molecule has 0 bridgehead atoms. The molecular weight excluding hydrogens is 629 g/mol. The number of carboxylic acids is 1. The van der Waals surface area contributed by atoms with E-state index in [1.807, 2.05) is 61.1 Å². The highest BCUT2D eigenvalue weighted by Gasteiger charge is 2.23. The van der Waals surface area contributed by atoms with Crippen LogP contribution in [0.5, 0.6) is 5.88 Å². The average molecular weight is 669 g/mol. The second-order valence-electron chi connectivity index (χ2n) is 12.9. The number of rotatable bonds is 13. The van der Waals surface area contributed by atoms with E-state index < -0.39 is 16.0 Å². The van der Waals surface area contributed by atoms with E-state index >= 15 is 0 Å². The molecule has 12 heteroatoms. The molecule has 5 rings (SSSR count). The lowest BCUT2D eigenvalue weighted by molar-refractivity contribution is 0.0696. The molecule has 0 spiro atoms. The monoisotopic (exact) mass is 668 g/mol. The van der Waals surface area contributed by atoms with Crippen molar-refractivity contribution in [1.82, 2.24) is 19.7 Å². The summed E-state index contributed by atoms with van der Waals surface area (Å²) >= 11 is 0. The number of anilines is 2. The third kappa shape index (κ3) is 8.97. The lowest BCUT2D eigenvalue weighted by Crippen LogP contribution is -2.31. The molecule has 11 nitrogen and oxygen atoms in total. The third-order valence-electron chi connectivity index (χ3n) is 7.54. The molecule has 250 valence electrons. The molecule has 0 saturated heterocycles. The summed E-state index contributed by atoms with van der Waals surface area (Å²) in [7, 11) is -4.24. The number of benzene rings is 3. The highest BCUT2D eigenvalue weighted by atomic mass is 32.2. The number of nitrogens with one attached hydrogen (secondary N) is 2. The first-order valence-electron chi connectivity index (χ1n) is 15.5. The van der Waals surface area contributed by atoms with Crippen LogP contribution in [0.25, 0.3) is 11.3 Å². The molecule has 0 aliphatic heterocycles. The third-order valence-corrected chi connectivity index (χ3v) is 8.87. The fourth-order valence-corrected chi connectivity index (χ4v) is 6.46. The Morgan fingerprint density at radius 2 is 1.67 bits per heavy atom. The maximum Gasteiger partial charge on any atom is 0.335 e. The van der Waals surface area contributed by atoms with E-state index in [1.54, 1.807) is 12.3 Å². The molecule has 1 unspecified atom stereocenters. The van der Waals surface area contributed by atoms with Crippen LogP contribution in [0.1, 0.15) is 54.2 Å². The van der Waals surface area contributed by atoms with Crippen molar-refractivity contribution >= 4 is 27.6 Å². The molecule has 2 heterocycles. The molecular formula is C36H40N6O5S. The van der Waals surface area contributed by atoms with Gasteiger partial charge in [0.1, 0.15) is 6.61 Å². The Balaban J connectivity index is 1.43. The van der Waals surface area contributed by atoms with Gasteiger partial charge >= 0.3 is 5.97 Å². The van der Waals surface area contributed by atoms with Gasteiger partial charge in [-0.25, -0.2) is 22.9 Å². The van der Waals surface area contributed by atoms with E-state index in [0.29, 0.717) is 12.2 Å². The summed E-state index contributed by atoms with van der Waals surface area (Å²) in [5.74, 6) is -1.26. The summed E-state index contributed by atoms with van der Waals surface area (Å²) in [5.41, 5.74) is 5.00. The predicted octanol–water partition coefficient (Wildman–Crippen LogP) is 6.80. The van der Waals surface area contributed by atoms with E-state index in [2.05, 4.69) is 58.0 Å². The molecule has 0 aliphatic rings. The van der Waals surface area contributed by atoms with Gasteiger partial charge in [-0.05, 0) is 60.6 Å². The standard InChI is InChI=1S/C36H40N6O5S/c1-24-11-9-12-25(2)33(24)31-18-32(40-35(39-31)41-48(45,46)30-16-10-15-27(17-30)34(43)44)47-23-28(19-36(3,4)5)38-29-20-37-42(22-29)21-26-13-7-6-8-14-26/h6-18,20,22,28,38H,19,21,23H2,1-5H3,(H,43,44)(H,39,40,41). The Kier molecular flexibility index (Phi) is 10.1. The van der Waals surface area contributed by atoms with Crippen molar-refractivity contribution in [2.45, 2.75) is 58.5 Å². The van der Waals surface area contributed by atoms with Crippen molar-refractivity contribution in [2.75, 3.05) is 16.6 Å². The Labute approximate surface area is 281 Å². The van der Waals surface area contributed by atoms with Crippen molar-refractivity contribution in [3.63, 3.8) is 0 Å². The number of carbonyl (C=O) groups is 1. The highest BCUT2D eigenvalue weighted by Crippen LogP contribution is 2.30. The maximum absolute atomic E-state index is 13.4. The van der Waals surface area contributed by atoms with Crippen LogP contribution in [0, 0.1) is 19.3 Å². The fourth-order valence-electron chi connectivity index (χ4n) is 5.47. The number of ether oxygens (including phenoxy) is 1. The Morgan fingerprint density at radius 3 is 2.35 bits per heavy atom. The lowest BCUT2D eigenvalue weighted by Gasteiger charge is -2.27. The zero-order chi connectivity index (χ0) is 34.5. The molecule has 0 aliphatic carbocycles. The van der Waals surface area contributed by atoms with Crippen molar-refractivity contribution in [3.8, 4) is 17.1 Å².